The molecule has 2 aromatic rings. The van der Waals surface area contributed by atoms with Crippen LogP contribution in [0.4, 0.5) is 11.5 Å². The second-order valence-corrected chi connectivity index (χ2v) is 3.16. The summed E-state index contributed by atoms with van der Waals surface area (Å²) in [6, 6.07) is 10.4. The van der Waals surface area contributed by atoms with Gasteiger partial charge in [-0.2, -0.15) is 5.10 Å². The van der Waals surface area contributed by atoms with Gasteiger partial charge in [0.25, 0.3) is 5.56 Å². The second-order valence-electron chi connectivity index (χ2n) is 3.16. The lowest BCUT2D eigenvalue weighted by atomic mass is 10.3. The van der Waals surface area contributed by atoms with Gasteiger partial charge in [-0.15, -0.1) is 0 Å². The Kier molecular flexibility index (Phi) is 2.86. The van der Waals surface area contributed by atoms with Crippen LogP contribution in [0.15, 0.2) is 41.2 Å². The first kappa shape index (κ1) is 10.2. The number of hydrogen-bond acceptors (Lipinski definition) is 4. The van der Waals surface area contributed by atoms with Crippen molar-refractivity contribution >= 4 is 11.5 Å². The molecule has 0 spiro atoms. The maximum absolute atomic E-state index is 10.8. The monoisotopic (exact) mass is 217 g/mol. The first-order chi connectivity index (χ1) is 7.78. The van der Waals surface area contributed by atoms with Crippen LogP contribution >= 0.6 is 0 Å². The van der Waals surface area contributed by atoms with Crippen LogP contribution in [0.3, 0.4) is 0 Å². The van der Waals surface area contributed by atoms with E-state index in [4.69, 9.17) is 4.74 Å². The Bertz CT molecular complexity index is 499. The van der Waals surface area contributed by atoms with E-state index in [1.807, 2.05) is 24.3 Å². The molecule has 1 aromatic carbocycles. The van der Waals surface area contributed by atoms with Gasteiger partial charge >= 0.3 is 0 Å². The van der Waals surface area contributed by atoms with Gasteiger partial charge in [-0.3, -0.25) is 4.79 Å². The molecule has 0 aliphatic heterocycles. The van der Waals surface area contributed by atoms with Crippen molar-refractivity contribution in [2.24, 2.45) is 0 Å². The lowest BCUT2D eigenvalue weighted by molar-refractivity contribution is 0.415. The van der Waals surface area contributed by atoms with Gasteiger partial charge < -0.3 is 10.1 Å². The molecule has 2 N–H and O–H groups in total. The molecule has 0 radical (unpaired) electrons. The van der Waals surface area contributed by atoms with Gasteiger partial charge in [0.1, 0.15) is 5.75 Å². The summed E-state index contributed by atoms with van der Waals surface area (Å²) in [4.78, 5) is 10.8. The first-order valence-electron chi connectivity index (χ1n) is 4.75. The fourth-order valence-electron chi connectivity index (χ4n) is 1.24. The van der Waals surface area contributed by atoms with Crippen LogP contribution in [0.2, 0.25) is 0 Å². The van der Waals surface area contributed by atoms with Gasteiger partial charge in [0.2, 0.25) is 0 Å². The van der Waals surface area contributed by atoms with Gasteiger partial charge in [-0.1, -0.05) is 0 Å². The lowest BCUT2D eigenvalue weighted by Crippen LogP contribution is -2.07. The van der Waals surface area contributed by atoms with Crippen LogP contribution in [-0.2, 0) is 0 Å². The molecule has 1 heterocycles. The van der Waals surface area contributed by atoms with E-state index in [9.17, 15) is 4.79 Å². The Balaban J connectivity index is 2.14. The Morgan fingerprint density at radius 1 is 1.19 bits per heavy atom. The molecule has 16 heavy (non-hydrogen) atoms. The normalized spacial score (nSPS) is 9.81. The molecule has 82 valence electrons. The highest BCUT2D eigenvalue weighted by atomic mass is 16.5. The first-order valence-corrected chi connectivity index (χ1v) is 4.75. The summed E-state index contributed by atoms with van der Waals surface area (Å²) in [5.41, 5.74) is 0.653. The third-order valence-electron chi connectivity index (χ3n) is 2.04. The number of ether oxygens (including phenoxy) is 1. The molecule has 0 unspecified atom stereocenters. The summed E-state index contributed by atoms with van der Waals surface area (Å²) in [5, 5.41) is 9.23. The number of anilines is 2. The van der Waals surface area contributed by atoms with E-state index in [0.29, 0.717) is 5.82 Å². The van der Waals surface area contributed by atoms with Gasteiger partial charge in [0.15, 0.2) is 5.82 Å². The molecule has 1 aromatic heterocycles. The summed E-state index contributed by atoms with van der Waals surface area (Å²) >= 11 is 0. The summed E-state index contributed by atoms with van der Waals surface area (Å²) in [6.45, 7) is 0. The lowest BCUT2D eigenvalue weighted by Gasteiger charge is -2.05. The molecule has 0 fully saturated rings. The third kappa shape index (κ3) is 2.38. The molecular weight excluding hydrogens is 206 g/mol. The van der Waals surface area contributed by atoms with Crippen LogP contribution in [0.1, 0.15) is 0 Å². The highest BCUT2D eigenvalue weighted by Gasteiger charge is 1.96. The summed E-state index contributed by atoms with van der Waals surface area (Å²) in [7, 11) is 1.62. The van der Waals surface area contributed by atoms with Crippen molar-refractivity contribution in [3.05, 3.63) is 46.8 Å². The average Bonchev–Trinajstić information content (AvgIpc) is 2.33. The minimum atomic E-state index is -0.222. The number of aromatic nitrogens is 2. The molecular formula is C11H11N3O2. The maximum atomic E-state index is 10.8. The van der Waals surface area contributed by atoms with E-state index in [2.05, 4.69) is 15.5 Å². The van der Waals surface area contributed by atoms with E-state index < -0.39 is 0 Å². The highest BCUT2D eigenvalue weighted by molar-refractivity contribution is 5.56. The van der Waals surface area contributed by atoms with E-state index in [0.717, 1.165) is 11.4 Å². The van der Waals surface area contributed by atoms with Crippen molar-refractivity contribution in [3.63, 3.8) is 0 Å². The number of rotatable bonds is 3. The quantitative estimate of drug-likeness (QED) is 0.818. The summed E-state index contributed by atoms with van der Waals surface area (Å²) < 4.78 is 5.04. The van der Waals surface area contributed by atoms with E-state index in [-0.39, 0.29) is 5.56 Å². The molecule has 5 heteroatoms. The third-order valence-corrected chi connectivity index (χ3v) is 2.04. The van der Waals surface area contributed by atoms with Gasteiger partial charge in [0, 0.05) is 11.8 Å². The van der Waals surface area contributed by atoms with Crippen LogP contribution < -0.4 is 15.6 Å². The largest absolute Gasteiger partial charge is 0.497 e. The molecule has 0 aliphatic carbocycles. The molecule has 0 saturated heterocycles. The van der Waals surface area contributed by atoms with Crippen LogP contribution in [-0.4, -0.2) is 17.3 Å². The van der Waals surface area contributed by atoms with Crippen molar-refractivity contribution in [3.8, 4) is 5.75 Å². The van der Waals surface area contributed by atoms with E-state index in [1.54, 1.807) is 13.2 Å². The summed E-state index contributed by atoms with van der Waals surface area (Å²) in [5.74, 6) is 1.38. The van der Waals surface area contributed by atoms with Crippen molar-refractivity contribution in [1.29, 1.82) is 0 Å². The second kappa shape index (κ2) is 4.48. The Morgan fingerprint density at radius 3 is 2.50 bits per heavy atom. The van der Waals surface area contributed by atoms with E-state index in [1.165, 1.54) is 6.07 Å². The van der Waals surface area contributed by atoms with Crippen LogP contribution in [0, 0.1) is 0 Å². The molecule has 5 nitrogen and oxygen atoms in total. The van der Waals surface area contributed by atoms with Crippen molar-refractivity contribution in [2.75, 3.05) is 12.4 Å². The predicted molar refractivity (Wildman–Crippen MR) is 61.1 cm³/mol. The number of methoxy groups -OCH3 is 1. The Labute approximate surface area is 92.1 Å². The number of nitrogens with zero attached hydrogens (tertiary/aromatic N) is 1. The standard InChI is InChI=1S/C11H11N3O2/c1-16-9-4-2-8(3-5-9)12-10-6-7-11(15)14-13-10/h2-7H,1H3,(H,12,13)(H,14,15). The molecule has 0 aliphatic rings. The highest BCUT2D eigenvalue weighted by Crippen LogP contribution is 2.17. The summed E-state index contributed by atoms with van der Waals surface area (Å²) in [6.07, 6.45) is 0. The molecule has 0 atom stereocenters. The zero-order valence-electron chi connectivity index (χ0n) is 8.73. The molecule has 0 saturated carbocycles. The molecule has 2 rings (SSSR count). The molecule has 0 bridgehead atoms. The van der Waals surface area contributed by atoms with Gasteiger partial charge in [0.05, 0.1) is 7.11 Å². The van der Waals surface area contributed by atoms with E-state index >= 15 is 0 Å². The smallest absolute Gasteiger partial charge is 0.264 e. The molecule has 0 amide bonds. The number of nitrogens with one attached hydrogen (secondary N) is 2. The predicted octanol–water partition coefficient (Wildman–Crippen LogP) is 1.52. The van der Waals surface area contributed by atoms with Crippen molar-refractivity contribution in [2.45, 2.75) is 0 Å². The minimum Gasteiger partial charge on any atom is -0.497 e. The fraction of sp³-hybridized carbons (Fsp3) is 0.0909. The number of hydrogen-bond donors (Lipinski definition) is 2. The van der Waals surface area contributed by atoms with Gasteiger partial charge in [-0.05, 0) is 30.3 Å². The fourth-order valence-corrected chi connectivity index (χ4v) is 1.24. The van der Waals surface area contributed by atoms with Crippen LogP contribution in [0.5, 0.6) is 5.75 Å². The zero-order chi connectivity index (χ0) is 11.4. The van der Waals surface area contributed by atoms with Crippen LogP contribution in [0.25, 0.3) is 0 Å². The topological polar surface area (TPSA) is 67.0 Å². The average molecular weight is 217 g/mol. The maximum Gasteiger partial charge on any atom is 0.264 e. The van der Waals surface area contributed by atoms with Gasteiger partial charge in [-0.25, -0.2) is 5.10 Å². The Hall–Kier alpha value is -2.30. The van der Waals surface area contributed by atoms with Crippen molar-refractivity contribution in [1.82, 2.24) is 10.2 Å². The van der Waals surface area contributed by atoms with Crippen molar-refractivity contribution < 1.29 is 4.74 Å². The zero-order valence-corrected chi connectivity index (χ0v) is 8.73. The number of benzene rings is 1. The Morgan fingerprint density at radius 2 is 1.94 bits per heavy atom. The minimum absolute atomic E-state index is 0.222. The SMILES string of the molecule is COc1ccc(Nc2ccc(=O)[nH]n2)cc1. The number of aromatic amines is 1. The number of H-pyrrole nitrogens is 1.